The first-order chi connectivity index (χ1) is 13.9. The SMILES string of the molecule is Cc1cc(C)c(-c2ccc[c-]c2-c2nc(-c3c(C)cccc3C)cn2C)c(C)c1.[Ir]. The van der Waals surface area contributed by atoms with Gasteiger partial charge in [-0.3, -0.25) is 4.98 Å². The maximum absolute atomic E-state index is 5.07. The van der Waals surface area contributed by atoms with Crippen molar-refractivity contribution >= 4 is 0 Å². The summed E-state index contributed by atoms with van der Waals surface area (Å²) in [5, 5.41) is 0. The van der Waals surface area contributed by atoms with Gasteiger partial charge in [-0.15, -0.1) is 29.8 Å². The number of aryl methyl sites for hydroxylation is 6. The van der Waals surface area contributed by atoms with Crippen LogP contribution in [0.5, 0.6) is 0 Å². The van der Waals surface area contributed by atoms with Crippen LogP contribution in [0.15, 0.2) is 54.7 Å². The van der Waals surface area contributed by atoms with E-state index in [4.69, 9.17) is 4.98 Å². The zero-order valence-electron chi connectivity index (χ0n) is 18.4. The van der Waals surface area contributed by atoms with E-state index in [0.29, 0.717) is 0 Å². The topological polar surface area (TPSA) is 17.8 Å². The van der Waals surface area contributed by atoms with Crippen LogP contribution in [0.25, 0.3) is 33.8 Å². The minimum atomic E-state index is 0. The van der Waals surface area contributed by atoms with Gasteiger partial charge in [0.05, 0.1) is 11.5 Å². The van der Waals surface area contributed by atoms with Crippen molar-refractivity contribution in [3.63, 3.8) is 0 Å². The molecule has 3 heteroatoms. The molecule has 0 bridgehead atoms. The van der Waals surface area contributed by atoms with Crippen molar-refractivity contribution in [1.29, 1.82) is 0 Å². The standard InChI is InChI=1S/C27H27N2.Ir/c1-17-14-20(4)25(21(5)15-17)22-12-7-8-13-23(22)27-28-24(16-29(27)6)26-18(2)10-9-11-19(26)3;/h7-12,14-16H,1-6H3;/q-1;. The molecule has 0 amide bonds. The molecule has 0 atom stereocenters. The molecule has 4 rings (SSSR count). The Morgan fingerprint density at radius 3 is 2.07 bits per heavy atom. The maximum atomic E-state index is 5.07. The Morgan fingerprint density at radius 2 is 1.43 bits per heavy atom. The summed E-state index contributed by atoms with van der Waals surface area (Å²) in [7, 11) is 2.07. The maximum Gasteiger partial charge on any atom is 0.0773 e. The molecule has 0 N–H and O–H groups in total. The van der Waals surface area contributed by atoms with Gasteiger partial charge in [0, 0.05) is 38.9 Å². The molecular formula is C27H27IrN2-. The summed E-state index contributed by atoms with van der Waals surface area (Å²) >= 11 is 0. The second-order valence-corrected chi connectivity index (χ2v) is 8.06. The Kier molecular flexibility index (Phi) is 6.45. The average Bonchev–Trinajstić information content (AvgIpc) is 3.02. The Hall–Kier alpha value is -2.48. The van der Waals surface area contributed by atoms with Crippen LogP contribution in [0, 0.1) is 40.7 Å². The largest absolute Gasteiger partial charge is 0.373 e. The predicted molar refractivity (Wildman–Crippen MR) is 122 cm³/mol. The Balaban J connectivity index is 0.00000256. The molecule has 0 spiro atoms. The molecule has 1 heterocycles. The van der Waals surface area contributed by atoms with E-state index >= 15 is 0 Å². The van der Waals surface area contributed by atoms with Crippen LogP contribution in [0.4, 0.5) is 0 Å². The van der Waals surface area contributed by atoms with Crippen molar-refractivity contribution in [2.45, 2.75) is 34.6 Å². The number of aromatic nitrogens is 2. The fourth-order valence-electron chi connectivity index (χ4n) is 4.47. The molecule has 3 aromatic carbocycles. The van der Waals surface area contributed by atoms with Gasteiger partial charge in [0.15, 0.2) is 0 Å². The monoisotopic (exact) mass is 572 g/mol. The van der Waals surface area contributed by atoms with Gasteiger partial charge >= 0.3 is 0 Å². The summed E-state index contributed by atoms with van der Waals surface area (Å²) < 4.78 is 2.12. The number of benzene rings is 3. The molecule has 0 saturated heterocycles. The molecule has 30 heavy (non-hydrogen) atoms. The zero-order chi connectivity index (χ0) is 20.7. The summed E-state index contributed by atoms with van der Waals surface area (Å²) in [5.74, 6) is 0.942. The number of hydrogen-bond acceptors (Lipinski definition) is 1. The van der Waals surface area contributed by atoms with Crippen LogP contribution in [0.2, 0.25) is 0 Å². The normalized spacial score (nSPS) is 10.7. The molecule has 1 aromatic heterocycles. The fourth-order valence-corrected chi connectivity index (χ4v) is 4.47. The van der Waals surface area contributed by atoms with Crippen molar-refractivity contribution < 1.29 is 20.1 Å². The van der Waals surface area contributed by atoms with Gasteiger partial charge in [0.1, 0.15) is 0 Å². The van der Waals surface area contributed by atoms with E-state index in [9.17, 15) is 0 Å². The third kappa shape index (κ3) is 3.93. The quantitative estimate of drug-likeness (QED) is 0.249. The molecule has 2 nitrogen and oxygen atoms in total. The third-order valence-corrected chi connectivity index (χ3v) is 5.64. The number of imidazole rings is 1. The van der Waals surface area contributed by atoms with E-state index in [-0.39, 0.29) is 20.1 Å². The number of hydrogen-bond donors (Lipinski definition) is 0. The fraction of sp³-hybridized carbons (Fsp3) is 0.222. The van der Waals surface area contributed by atoms with Crippen LogP contribution in [-0.2, 0) is 27.2 Å². The van der Waals surface area contributed by atoms with Gasteiger partial charge in [-0.2, -0.15) is 0 Å². The number of rotatable bonds is 3. The molecule has 155 valence electrons. The van der Waals surface area contributed by atoms with Crippen molar-refractivity contribution in [2.24, 2.45) is 7.05 Å². The second-order valence-electron chi connectivity index (χ2n) is 8.06. The van der Waals surface area contributed by atoms with E-state index in [1.807, 2.05) is 6.07 Å². The Labute approximate surface area is 193 Å². The molecule has 0 aliphatic heterocycles. The summed E-state index contributed by atoms with van der Waals surface area (Å²) in [6.45, 7) is 10.8. The van der Waals surface area contributed by atoms with Crippen LogP contribution in [0.1, 0.15) is 27.8 Å². The third-order valence-electron chi connectivity index (χ3n) is 5.64. The molecule has 0 aliphatic rings. The van der Waals surface area contributed by atoms with Crippen molar-refractivity contribution in [1.82, 2.24) is 9.55 Å². The zero-order valence-corrected chi connectivity index (χ0v) is 20.8. The van der Waals surface area contributed by atoms with E-state index in [1.54, 1.807) is 0 Å². The Bertz CT molecular complexity index is 1170. The first-order valence-electron chi connectivity index (χ1n) is 10.1. The summed E-state index contributed by atoms with van der Waals surface area (Å²) in [4.78, 5) is 5.07. The predicted octanol–water partition coefficient (Wildman–Crippen LogP) is 6.76. The van der Waals surface area contributed by atoms with E-state index in [2.05, 4.69) is 101 Å². The number of nitrogens with zero attached hydrogens (tertiary/aromatic N) is 2. The summed E-state index contributed by atoms with van der Waals surface area (Å²) in [6.07, 6.45) is 2.13. The van der Waals surface area contributed by atoms with Crippen LogP contribution < -0.4 is 0 Å². The average molecular weight is 572 g/mol. The van der Waals surface area contributed by atoms with Gasteiger partial charge in [-0.25, -0.2) is 0 Å². The van der Waals surface area contributed by atoms with E-state index in [0.717, 1.165) is 17.1 Å². The first kappa shape index (κ1) is 22.2. The molecular weight excluding hydrogens is 545 g/mol. The van der Waals surface area contributed by atoms with Gasteiger partial charge in [-0.05, 0) is 45.7 Å². The van der Waals surface area contributed by atoms with Gasteiger partial charge in [0.2, 0.25) is 0 Å². The second kappa shape index (κ2) is 8.71. The minimum Gasteiger partial charge on any atom is -0.373 e. The van der Waals surface area contributed by atoms with Gasteiger partial charge < -0.3 is 4.57 Å². The Morgan fingerprint density at radius 1 is 0.800 bits per heavy atom. The van der Waals surface area contributed by atoms with Gasteiger partial charge in [-0.1, -0.05) is 58.1 Å². The van der Waals surface area contributed by atoms with Crippen LogP contribution >= 0.6 is 0 Å². The van der Waals surface area contributed by atoms with Crippen molar-refractivity contribution in [3.05, 3.63) is 88.6 Å². The smallest absolute Gasteiger partial charge is 0.0773 e. The molecule has 4 aromatic rings. The van der Waals surface area contributed by atoms with Crippen molar-refractivity contribution in [2.75, 3.05) is 0 Å². The molecule has 0 saturated carbocycles. The van der Waals surface area contributed by atoms with E-state index < -0.39 is 0 Å². The van der Waals surface area contributed by atoms with E-state index in [1.165, 1.54) is 44.5 Å². The minimum absolute atomic E-state index is 0. The van der Waals surface area contributed by atoms with Crippen LogP contribution in [0.3, 0.4) is 0 Å². The molecule has 0 fully saturated rings. The summed E-state index contributed by atoms with van der Waals surface area (Å²) in [6, 6.07) is 20.6. The van der Waals surface area contributed by atoms with Gasteiger partial charge in [0.25, 0.3) is 0 Å². The first-order valence-corrected chi connectivity index (χ1v) is 10.1. The van der Waals surface area contributed by atoms with Crippen LogP contribution in [-0.4, -0.2) is 9.55 Å². The summed E-state index contributed by atoms with van der Waals surface area (Å²) in [5.41, 5.74) is 12.1. The van der Waals surface area contributed by atoms with Crippen molar-refractivity contribution in [3.8, 4) is 33.8 Å². The molecule has 1 radical (unpaired) electrons. The molecule has 0 unspecified atom stereocenters. The molecule has 0 aliphatic carbocycles.